The van der Waals surface area contributed by atoms with Crippen molar-refractivity contribution >= 4 is 28.8 Å². The molecule has 1 aromatic heterocycles. The molecule has 124 valence electrons. The van der Waals surface area contributed by atoms with Crippen molar-refractivity contribution in [1.82, 2.24) is 20.0 Å². The number of aromatic nitrogens is 2. The van der Waals surface area contributed by atoms with E-state index in [4.69, 9.17) is 0 Å². The van der Waals surface area contributed by atoms with E-state index in [9.17, 15) is 14.4 Å². The minimum absolute atomic E-state index is 0.180. The molecule has 24 heavy (non-hydrogen) atoms. The molecule has 0 atom stereocenters. The van der Waals surface area contributed by atoms with E-state index < -0.39 is 0 Å². The second kappa shape index (κ2) is 7.31. The van der Waals surface area contributed by atoms with Gasteiger partial charge in [0.1, 0.15) is 0 Å². The van der Waals surface area contributed by atoms with Crippen LogP contribution < -0.4 is 5.32 Å². The first-order chi connectivity index (χ1) is 11.6. The highest BCUT2D eigenvalue weighted by Gasteiger charge is 2.29. The highest BCUT2D eigenvalue weighted by molar-refractivity contribution is 8.14. The molecule has 3 rings (SSSR count). The number of nitrogens with zero attached hydrogens (tertiary/aromatic N) is 3. The Labute approximate surface area is 143 Å². The Morgan fingerprint density at radius 3 is 2.75 bits per heavy atom. The number of amides is 3. The zero-order chi connectivity index (χ0) is 16.9. The molecular formula is C16H16N4O3S. The molecule has 3 amide bonds. The lowest BCUT2D eigenvalue weighted by Gasteiger charge is -2.12. The summed E-state index contributed by atoms with van der Waals surface area (Å²) in [4.78, 5) is 36.2. The van der Waals surface area contributed by atoms with Gasteiger partial charge in [-0.2, -0.15) is 5.10 Å². The third-order valence-corrected chi connectivity index (χ3v) is 4.40. The summed E-state index contributed by atoms with van der Waals surface area (Å²) in [6.07, 6.45) is 3.17. The van der Waals surface area contributed by atoms with Crippen LogP contribution in [-0.2, 0) is 11.3 Å². The van der Waals surface area contributed by atoms with Gasteiger partial charge in [0.25, 0.3) is 11.1 Å². The summed E-state index contributed by atoms with van der Waals surface area (Å²) in [7, 11) is 0. The zero-order valence-electron chi connectivity index (χ0n) is 12.8. The number of nitrogens with one attached hydrogen (secondary N) is 1. The van der Waals surface area contributed by atoms with E-state index in [0.717, 1.165) is 22.2 Å². The summed E-state index contributed by atoms with van der Waals surface area (Å²) >= 11 is 0.984. The summed E-state index contributed by atoms with van der Waals surface area (Å²) in [5.74, 6) is -0.310. The predicted molar refractivity (Wildman–Crippen MR) is 89.7 cm³/mol. The first-order valence-electron chi connectivity index (χ1n) is 7.45. The highest BCUT2D eigenvalue weighted by Crippen LogP contribution is 2.17. The molecule has 1 saturated heterocycles. The van der Waals surface area contributed by atoms with Crippen molar-refractivity contribution in [3.63, 3.8) is 0 Å². The molecule has 7 nitrogen and oxygen atoms in total. The molecule has 1 aromatic carbocycles. The van der Waals surface area contributed by atoms with E-state index >= 15 is 0 Å². The van der Waals surface area contributed by atoms with E-state index in [0.29, 0.717) is 12.1 Å². The van der Waals surface area contributed by atoms with E-state index in [1.54, 1.807) is 10.9 Å². The van der Waals surface area contributed by atoms with Crippen molar-refractivity contribution < 1.29 is 14.4 Å². The molecule has 8 heteroatoms. The fourth-order valence-electron chi connectivity index (χ4n) is 2.32. The number of carbonyl (C=O) groups excluding carboxylic acids is 3. The third-order valence-electron chi connectivity index (χ3n) is 3.54. The Morgan fingerprint density at radius 1 is 1.25 bits per heavy atom. The monoisotopic (exact) mass is 344 g/mol. The SMILES string of the molecule is O=C(NCCN1C(=O)CSC1=O)c1cnn(Cc2ccccc2)c1. The maximum atomic E-state index is 12.1. The predicted octanol–water partition coefficient (Wildman–Crippen LogP) is 1.36. The lowest BCUT2D eigenvalue weighted by Crippen LogP contribution is -2.37. The van der Waals surface area contributed by atoms with Gasteiger partial charge in [0.15, 0.2) is 0 Å². The molecule has 1 aliphatic rings. The molecule has 0 bridgehead atoms. The molecule has 2 aromatic rings. The number of imide groups is 1. The molecule has 1 N–H and O–H groups in total. The van der Waals surface area contributed by atoms with Crippen LogP contribution in [0.4, 0.5) is 4.79 Å². The number of carbonyl (C=O) groups is 3. The lowest BCUT2D eigenvalue weighted by molar-refractivity contribution is -0.124. The van der Waals surface area contributed by atoms with Crippen LogP contribution in [0.25, 0.3) is 0 Å². The lowest BCUT2D eigenvalue weighted by atomic mass is 10.2. The van der Waals surface area contributed by atoms with Crippen molar-refractivity contribution in [2.75, 3.05) is 18.8 Å². The topological polar surface area (TPSA) is 84.3 Å². The minimum atomic E-state index is -0.277. The minimum Gasteiger partial charge on any atom is -0.350 e. The number of hydrogen-bond acceptors (Lipinski definition) is 5. The van der Waals surface area contributed by atoms with Crippen molar-refractivity contribution in [3.8, 4) is 0 Å². The maximum Gasteiger partial charge on any atom is 0.288 e. The Bertz CT molecular complexity index is 744. The first kappa shape index (κ1) is 16.3. The van der Waals surface area contributed by atoms with Crippen LogP contribution in [0.1, 0.15) is 15.9 Å². The Balaban J connectivity index is 1.50. The van der Waals surface area contributed by atoms with Crippen molar-refractivity contribution in [2.24, 2.45) is 0 Å². The van der Waals surface area contributed by atoms with E-state index in [1.807, 2.05) is 30.3 Å². The average Bonchev–Trinajstić information content (AvgIpc) is 3.17. The summed E-state index contributed by atoms with van der Waals surface area (Å²) < 4.78 is 1.69. The van der Waals surface area contributed by atoms with Crippen LogP contribution in [0.15, 0.2) is 42.7 Å². The molecule has 0 unspecified atom stereocenters. The second-order valence-corrected chi connectivity index (χ2v) is 6.19. The summed E-state index contributed by atoms with van der Waals surface area (Å²) in [6.45, 7) is 0.997. The number of hydrogen-bond donors (Lipinski definition) is 1. The Hall–Kier alpha value is -2.61. The fraction of sp³-hybridized carbons (Fsp3) is 0.250. The number of rotatable bonds is 6. The maximum absolute atomic E-state index is 12.1. The fourth-order valence-corrected chi connectivity index (χ4v) is 3.07. The van der Waals surface area contributed by atoms with Crippen LogP contribution in [0.3, 0.4) is 0 Å². The molecule has 2 heterocycles. The molecule has 0 spiro atoms. The largest absolute Gasteiger partial charge is 0.350 e. The summed E-state index contributed by atoms with van der Waals surface area (Å²) in [6, 6.07) is 9.82. The van der Waals surface area contributed by atoms with E-state index in [2.05, 4.69) is 10.4 Å². The molecule has 0 aliphatic carbocycles. The van der Waals surface area contributed by atoms with Crippen molar-refractivity contribution in [1.29, 1.82) is 0 Å². The van der Waals surface area contributed by atoms with Crippen LogP contribution in [0.2, 0.25) is 0 Å². The normalized spacial score (nSPS) is 14.2. The second-order valence-electron chi connectivity index (χ2n) is 5.27. The van der Waals surface area contributed by atoms with Gasteiger partial charge in [0.05, 0.1) is 24.1 Å². The van der Waals surface area contributed by atoms with Crippen LogP contribution in [0.5, 0.6) is 0 Å². The first-order valence-corrected chi connectivity index (χ1v) is 8.44. The van der Waals surface area contributed by atoms with Gasteiger partial charge >= 0.3 is 0 Å². The Morgan fingerprint density at radius 2 is 2.04 bits per heavy atom. The molecule has 0 saturated carbocycles. The van der Waals surface area contributed by atoms with Crippen molar-refractivity contribution in [3.05, 3.63) is 53.9 Å². The molecular weight excluding hydrogens is 328 g/mol. The molecule has 1 aliphatic heterocycles. The highest BCUT2D eigenvalue weighted by atomic mass is 32.2. The van der Waals surface area contributed by atoms with Gasteiger partial charge in [0.2, 0.25) is 5.91 Å². The molecule has 0 radical (unpaired) electrons. The van der Waals surface area contributed by atoms with E-state index in [-0.39, 0.29) is 35.9 Å². The smallest absolute Gasteiger partial charge is 0.288 e. The van der Waals surface area contributed by atoms with Gasteiger partial charge in [-0.1, -0.05) is 42.1 Å². The summed E-state index contributed by atoms with van der Waals surface area (Å²) in [5, 5.41) is 6.61. The zero-order valence-corrected chi connectivity index (χ0v) is 13.7. The van der Waals surface area contributed by atoms with E-state index in [1.165, 1.54) is 6.20 Å². The Kier molecular flexibility index (Phi) is 4.95. The molecule has 1 fully saturated rings. The van der Waals surface area contributed by atoms with Crippen LogP contribution in [-0.4, -0.2) is 50.6 Å². The van der Waals surface area contributed by atoms with Gasteiger partial charge in [-0.25, -0.2) is 0 Å². The standard InChI is InChI=1S/C16H16N4O3S/c21-14-11-24-16(23)20(14)7-6-17-15(22)13-8-18-19(10-13)9-12-4-2-1-3-5-12/h1-5,8,10H,6-7,9,11H2,(H,17,22). The van der Waals surface area contributed by atoms with Crippen LogP contribution in [0, 0.1) is 0 Å². The summed E-state index contributed by atoms with van der Waals surface area (Å²) in [5.41, 5.74) is 1.54. The van der Waals surface area contributed by atoms with Crippen molar-refractivity contribution in [2.45, 2.75) is 6.54 Å². The third kappa shape index (κ3) is 3.83. The quantitative estimate of drug-likeness (QED) is 0.855. The van der Waals surface area contributed by atoms with Crippen LogP contribution >= 0.6 is 11.8 Å². The number of thioether (sulfide) groups is 1. The van der Waals surface area contributed by atoms with Gasteiger partial charge in [-0.15, -0.1) is 0 Å². The van der Waals surface area contributed by atoms with Gasteiger partial charge in [0, 0.05) is 19.3 Å². The number of benzene rings is 1. The van der Waals surface area contributed by atoms with Gasteiger partial charge in [-0.05, 0) is 5.56 Å². The van der Waals surface area contributed by atoms with Gasteiger partial charge in [-0.3, -0.25) is 24.0 Å². The van der Waals surface area contributed by atoms with Gasteiger partial charge < -0.3 is 5.32 Å². The average molecular weight is 344 g/mol.